The summed E-state index contributed by atoms with van der Waals surface area (Å²) in [5.41, 5.74) is 0.918. The molecule has 1 heteroatoms. The van der Waals surface area contributed by atoms with E-state index in [2.05, 4.69) is 18.8 Å². The van der Waals surface area contributed by atoms with Crippen LogP contribution in [-0.4, -0.2) is 5.78 Å². The number of benzene rings is 1. The molecule has 1 rings (SSSR count). The molecule has 25 heavy (non-hydrogen) atoms. The van der Waals surface area contributed by atoms with E-state index in [0.29, 0.717) is 6.42 Å². The van der Waals surface area contributed by atoms with E-state index in [0.717, 1.165) is 18.4 Å². The highest BCUT2D eigenvalue weighted by Gasteiger charge is 1.98. The number of hydrogen-bond donors (Lipinski definition) is 0. The molecule has 0 bridgehead atoms. The second-order valence-electron chi connectivity index (χ2n) is 7.03. The van der Waals surface area contributed by atoms with Crippen molar-refractivity contribution in [3.63, 3.8) is 0 Å². The standard InChI is InChI=1S/C24H36O/c1-2-3-4-5-6-7-8-9-10-11-12-13-17-20-24(25)22-21-23-18-15-14-16-19-23/h14-16,18-19H,2-13,17,20H2,1H3. The number of carbonyl (C=O) groups is 1. The molecular weight excluding hydrogens is 304 g/mol. The summed E-state index contributed by atoms with van der Waals surface area (Å²) in [6.45, 7) is 2.27. The quantitative estimate of drug-likeness (QED) is 0.261. The molecule has 1 nitrogen and oxygen atoms in total. The number of carbonyl (C=O) groups excluding carboxylic acids is 1. The number of ketones is 1. The van der Waals surface area contributed by atoms with Crippen molar-refractivity contribution in [2.45, 2.75) is 96.8 Å². The van der Waals surface area contributed by atoms with Gasteiger partial charge in [-0.25, -0.2) is 0 Å². The molecule has 0 fully saturated rings. The normalized spacial score (nSPS) is 10.3. The van der Waals surface area contributed by atoms with Crippen molar-refractivity contribution in [3.8, 4) is 11.8 Å². The van der Waals surface area contributed by atoms with Crippen LogP contribution >= 0.6 is 0 Å². The van der Waals surface area contributed by atoms with Crippen molar-refractivity contribution < 1.29 is 4.79 Å². The van der Waals surface area contributed by atoms with Gasteiger partial charge in [0.2, 0.25) is 5.78 Å². The van der Waals surface area contributed by atoms with E-state index in [-0.39, 0.29) is 5.78 Å². The first-order valence-corrected chi connectivity index (χ1v) is 10.4. The van der Waals surface area contributed by atoms with E-state index in [9.17, 15) is 4.79 Å². The Kier molecular flexibility index (Phi) is 13.7. The summed E-state index contributed by atoms with van der Waals surface area (Å²) in [6.07, 6.45) is 17.9. The Balaban J connectivity index is 1.87. The minimum Gasteiger partial charge on any atom is -0.285 e. The second-order valence-corrected chi connectivity index (χ2v) is 7.03. The van der Waals surface area contributed by atoms with Gasteiger partial charge < -0.3 is 0 Å². The van der Waals surface area contributed by atoms with Gasteiger partial charge in [0, 0.05) is 12.0 Å². The molecule has 138 valence electrons. The Morgan fingerprint density at radius 1 is 0.720 bits per heavy atom. The fraction of sp³-hybridized carbons (Fsp3) is 0.625. The number of rotatable bonds is 14. The predicted octanol–water partition coefficient (Wildman–Crippen LogP) is 7.09. The molecule has 0 radical (unpaired) electrons. The average molecular weight is 341 g/mol. The molecule has 0 unspecified atom stereocenters. The van der Waals surface area contributed by atoms with Crippen molar-refractivity contribution in [2.24, 2.45) is 0 Å². The van der Waals surface area contributed by atoms with E-state index in [1.165, 1.54) is 70.6 Å². The SMILES string of the molecule is CCCCCCCCCCCCCCCC(=O)C#Cc1ccccc1. The molecule has 1 aromatic rings. The Labute approximate surface area is 155 Å². The topological polar surface area (TPSA) is 17.1 Å². The lowest BCUT2D eigenvalue weighted by molar-refractivity contribution is -0.113. The largest absolute Gasteiger partial charge is 0.285 e. The number of hydrogen-bond acceptors (Lipinski definition) is 1. The fourth-order valence-electron chi connectivity index (χ4n) is 3.03. The maximum atomic E-state index is 11.7. The molecule has 0 spiro atoms. The van der Waals surface area contributed by atoms with Crippen LogP contribution in [0.3, 0.4) is 0 Å². The maximum Gasteiger partial charge on any atom is 0.205 e. The van der Waals surface area contributed by atoms with Crippen LogP contribution in [0.2, 0.25) is 0 Å². The third-order valence-electron chi connectivity index (χ3n) is 4.63. The van der Waals surface area contributed by atoms with Gasteiger partial charge >= 0.3 is 0 Å². The van der Waals surface area contributed by atoms with Crippen LogP contribution in [-0.2, 0) is 4.79 Å². The lowest BCUT2D eigenvalue weighted by Crippen LogP contribution is -1.93. The summed E-state index contributed by atoms with van der Waals surface area (Å²) in [5.74, 6) is 5.77. The number of unbranched alkanes of at least 4 members (excludes halogenated alkanes) is 12. The zero-order valence-electron chi connectivity index (χ0n) is 16.2. The molecule has 0 aliphatic carbocycles. The molecule has 0 heterocycles. The summed E-state index contributed by atoms with van der Waals surface area (Å²) < 4.78 is 0. The van der Waals surface area contributed by atoms with Gasteiger partial charge in [0.25, 0.3) is 0 Å². The van der Waals surface area contributed by atoms with Crippen molar-refractivity contribution in [3.05, 3.63) is 35.9 Å². The number of Topliss-reactive ketones (excluding diaryl/α,β-unsaturated/α-hetero) is 1. The molecule has 0 atom stereocenters. The van der Waals surface area contributed by atoms with Crippen LogP contribution in [0, 0.1) is 11.8 Å². The molecule has 0 aliphatic rings. The zero-order valence-corrected chi connectivity index (χ0v) is 16.2. The van der Waals surface area contributed by atoms with E-state index in [1.807, 2.05) is 30.3 Å². The molecule has 0 saturated carbocycles. The molecule has 0 amide bonds. The molecular formula is C24H36O. The first-order chi connectivity index (χ1) is 12.3. The Bertz CT molecular complexity index is 492. The van der Waals surface area contributed by atoms with E-state index in [4.69, 9.17) is 0 Å². The zero-order chi connectivity index (χ0) is 18.0. The summed E-state index contributed by atoms with van der Waals surface area (Å²) in [4.78, 5) is 11.7. The predicted molar refractivity (Wildman–Crippen MR) is 109 cm³/mol. The third-order valence-corrected chi connectivity index (χ3v) is 4.63. The van der Waals surface area contributed by atoms with Crippen molar-refractivity contribution >= 4 is 5.78 Å². The van der Waals surface area contributed by atoms with Gasteiger partial charge in [-0.3, -0.25) is 4.79 Å². The summed E-state index contributed by atoms with van der Waals surface area (Å²) in [7, 11) is 0. The first-order valence-electron chi connectivity index (χ1n) is 10.4. The van der Waals surface area contributed by atoms with Gasteiger partial charge in [-0.05, 0) is 24.5 Å². The van der Waals surface area contributed by atoms with Crippen molar-refractivity contribution in [1.29, 1.82) is 0 Å². The molecule has 1 aromatic carbocycles. The first kappa shape index (κ1) is 21.5. The lowest BCUT2D eigenvalue weighted by Gasteiger charge is -2.02. The maximum absolute atomic E-state index is 11.7. The Morgan fingerprint density at radius 2 is 1.20 bits per heavy atom. The molecule has 0 N–H and O–H groups in total. The summed E-state index contributed by atoms with van der Waals surface area (Å²) in [5, 5.41) is 0. The van der Waals surface area contributed by atoms with E-state index >= 15 is 0 Å². The van der Waals surface area contributed by atoms with Crippen molar-refractivity contribution in [2.75, 3.05) is 0 Å². The van der Waals surface area contributed by atoms with Crippen LogP contribution < -0.4 is 0 Å². The van der Waals surface area contributed by atoms with Crippen LogP contribution in [0.25, 0.3) is 0 Å². The van der Waals surface area contributed by atoms with Crippen LogP contribution in [0.1, 0.15) is 102 Å². The van der Waals surface area contributed by atoms with Gasteiger partial charge in [-0.1, -0.05) is 108 Å². The molecule has 0 aliphatic heterocycles. The van der Waals surface area contributed by atoms with Gasteiger partial charge in [-0.2, -0.15) is 0 Å². The minimum atomic E-state index is 0.0759. The highest BCUT2D eigenvalue weighted by Crippen LogP contribution is 2.13. The highest BCUT2D eigenvalue weighted by atomic mass is 16.1. The lowest BCUT2D eigenvalue weighted by atomic mass is 10.0. The summed E-state index contributed by atoms with van der Waals surface area (Å²) >= 11 is 0. The summed E-state index contributed by atoms with van der Waals surface area (Å²) in [6, 6.07) is 9.72. The van der Waals surface area contributed by atoms with Gasteiger partial charge in [0.05, 0.1) is 0 Å². The Hall–Kier alpha value is -1.55. The van der Waals surface area contributed by atoms with Gasteiger partial charge in [0.1, 0.15) is 0 Å². The minimum absolute atomic E-state index is 0.0759. The monoisotopic (exact) mass is 340 g/mol. The molecule has 0 saturated heterocycles. The highest BCUT2D eigenvalue weighted by molar-refractivity contribution is 5.95. The third kappa shape index (κ3) is 13.4. The molecule has 0 aromatic heterocycles. The smallest absolute Gasteiger partial charge is 0.205 e. The van der Waals surface area contributed by atoms with Crippen LogP contribution in [0.15, 0.2) is 30.3 Å². The van der Waals surface area contributed by atoms with Crippen LogP contribution in [0.5, 0.6) is 0 Å². The van der Waals surface area contributed by atoms with Crippen molar-refractivity contribution in [1.82, 2.24) is 0 Å². The van der Waals surface area contributed by atoms with Gasteiger partial charge in [0.15, 0.2) is 0 Å². The fourth-order valence-corrected chi connectivity index (χ4v) is 3.03. The van der Waals surface area contributed by atoms with E-state index < -0.39 is 0 Å². The van der Waals surface area contributed by atoms with Crippen LogP contribution in [0.4, 0.5) is 0 Å². The average Bonchev–Trinajstić information content (AvgIpc) is 2.64. The van der Waals surface area contributed by atoms with Gasteiger partial charge in [-0.15, -0.1) is 0 Å². The van der Waals surface area contributed by atoms with E-state index in [1.54, 1.807) is 0 Å². The Morgan fingerprint density at radius 3 is 1.72 bits per heavy atom. The second kappa shape index (κ2) is 15.9.